The van der Waals surface area contributed by atoms with Gasteiger partial charge in [-0.3, -0.25) is 9.59 Å². The molecule has 0 bridgehead atoms. The summed E-state index contributed by atoms with van der Waals surface area (Å²) in [7, 11) is 0. The van der Waals surface area contributed by atoms with Gasteiger partial charge >= 0.3 is 29.5 Å². The van der Waals surface area contributed by atoms with Gasteiger partial charge in [0.25, 0.3) is 0 Å². The molecule has 0 aromatic rings. The number of hydrogen-bond acceptors (Lipinski definition) is 10. The third-order valence-corrected chi connectivity index (χ3v) is 4.94. The average molecular weight is 464 g/mol. The highest BCUT2D eigenvalue weighted by atomic mass is 19.1. The molecule has 1 rings (SSSR count). The summed E-state index contributed by atoms with van der Waals surface area (Å²) in [6, 6.07) is 0. The third kappa shape index (κ3) is 7.13. The zero-order valence-electron chi connectivity index (χ0n) is 19.4. The van der Waals surface area contributed by atoms with Crippen LogP contribution < -0.4 is 0 Å². The summed E-state index contributed by atoms with van der Waals surface area (Å²) in [6.07, 6.45) is -3.83. The molecule has 1 aliphatic rings. The van der Waals surface area contributed by atoms with E-state index in [-0.39, 0.29) is 19.1 Å². The number of ether oxygens (including phenoxy) is 6. The number of carbonyl (C=O) groups excluding carboxylic acids is 4. The van der Waals surface area contributed by atoms with E-state index in [0.717, 1.165) is 0 Å². The molecule has 0 N–H and O–H groups in total. The van der Waals surface area contributed by atoms with Crippen molar-refractivity contribution < 1.29 is 52.0 Å². The van der Waals surface area contributed by atoms with Gasteiger partial charge in [-0.25, -0.2) is 14.0 Å². The minimum Gasteiger partial charge on any atom is -0.463 e. The van der Waals surface area contributed by atoms with Crippen LogP contribution >= 0.6 is 0 Å². The van der Waals surface area contributed by atoms with E-state index in [4.69, 9.17) is 18.9 Å². The van der Waals surface area contributed by atoms with Crippen LogP contribution in [-0.2, 0) is 47.6 Å². The lowest BCUT2D eigenvalue weighted by molar-refractivity contribution is -0.291. The van der Waals surface area contributed by atoms with E-state index < -0.39 is 67.2 Å². The van der Waals surface area contributed by atoms with Gasteiger partial charge in [0.05, 0.1) is 25.9 Å². The highest BCUT2D eigenvalue weighted by Gasteiger charge is 2.51. The molecule has 0 amide bonds. The van der Waals surface area contributed by atoms with E-state index >= 15 is 4.39 Å². The Kier molecular flexibility index (Phi) is 11.0. The fourth-order valence-corrected chi connectivity index (χ4v) is 3.42. The third-order valence-electron chi connectivity index (χ3n) is 4.94. The summed E-state index contributed by atoms with van der Waals surface area (Å²) in [5.74, 6) is -4.35. The van der Waals surface area contributed by atoms with Gasteiger partial charge in [0.2, 0.25) is 0 Å². The summed E-state index contributed by atoms with van der Waals surface area (Å²) in [6.45, 7) is 8.23. The van der Waals surface area contributed by atoms with Crippen LogP contribution in [0.3, 0.4) is 0 Å². The first-order chi connectivity index (χ1) is 15.0. The Morgan fingerprint density at radius 3 is 1.84 bits per heavy atom. The van der Waals surface area contributed by atoms with E-state index in [1.165, 1.54) is 27.7 Å². The molecule has 184 valence electrons. The van der Waals surface area contributed by atoms with Gasteiger partial charge in [0, 0.05) is 26.2 Å². The van der Waals surface area contributed by atoms with Crippen molar-refractivity contribution in [2.75, 3.05) is 19.8 Å². The molecule has 1 unspecified atom stereocenters. The Labute approximate surface area is 187 Å². The fraction of sp³-hybridized carbons (Fsp3) is 0.810. The highest BCUT2D eigenvalue weighted by Crippen LogP contribution is 2.33. The van der Waals surface area contributed by atoms with Gasteiger partial charge in [0.1, 0.15) is 6.10 Å². The molecule has 0 aromatic carbocycles. The molecule has 1 heterocycles. The SMILES string of the molecule is CCOC(=O)C(F)(CCOC1O[C@H](CC)[C@@H](C)[C@H](OC(C)=O)[C@@H]1OC(C)=O)C(=O)OCC. The van der Waals surface area contributed by atoms with Crippen molar-refractivity contribution in [1.82, 2.24) is 0 Å². The standard InChI is InChI=1S/C21H33FO10/c1-7-15-12(4)16(30-13(5)23)17(31-14(6)24)18(32-15)29-11-10-21(22,19(25)27-8-2)20(26)28-9-3/h12,15-18H,7-11H2,1-6H3/t12-,15-,16+,17+,18?/m1/s1. The Hall–Kier alpha value is -2.27. The van der Waals surface area contributed by atoms with Crippen LogP contribution in [0.4, 0.5) is 4.39 Å². The van der Waals surface area contributed by atoms with Crippen molar-refractivity contribution in [3.8, 4) is 0 Å². The largest absolute Gasteiger partial charge is 0.463 e. The van der Waals surface area contributed by atoms with Crippen LogP contribution in [0.25, 0.3) is 0 Å². The Morgan fingerprint density at radius 1 is 0.906 bits per heavy atom. The maximum absolute atomic E-state index is 15.2. The van der Waals surface area contributed by atoms with E-state index in [9.17, 15) is 19.2 Å². The Balaban J connectivity index is 3.05. The molecule has 0 saturated carbocycles. The van der Waals surface area contributed by atoms with Crippen molar-refractivity contribution in [2.24, 2.45) is 5.92 Å². The van der Waals surface area contributed by atoms with Crippen molar-refractivity contribution in [2.45, 2.75) is 84.7 Å². The van der Waals surface area contributed by atoms with Crippen molar-refractivity contribution in [3.05, 3.63) is 0 Å². The number of esters is 4. The van der Waals surface area contributed by atoms with E-state index in [1.807, 2.05) is 6.92 Å². The first-order valence-electron chi connectivity index (χ1n) is 10.7. The van der Waals surface area contributed by atoms with Crippen molar-refractivity contribution >= 4 is 23.9 Å². The van der Waals surface area contributed by atoms with Gasteiger partial charge < -0.3 is 28.4 Å². The molecule has 0 spiro atoms. The second kappa shape index (κ2) is 12.7. The number of rotatable bonds is 11. The molecule has 0 aliphatic carbocycles. The van der Waals surface area contributed by atoms with Crippen LogP contribution in [0.1, 0.15) is 54.4 Å². The van der Waals surface area contributed by atoms with Crippen LogP contribution in [0.2, 0.25) is 0 Å². The first-order valence-corrected chi connectivity index (χ1v) is 10.7. The van der Waals surface area contributed by atoms with E-state index in [0.29, 0.717) is 6.42 Å². The highest BCUT2D eigenvalue weighted by molar-refractivity contribution is 6.03. The van der Waals surface area contributed by atoms with Gasteiger partial charge in [0.15, 0.2) is 12.4 Å². The summed E-state index contributed by atoms with van der Waals surface area (Å²) >= 11 is 0. The average Bonchev–Trinajstić information content (AvgIpc) is 2.71. The maximum Gasteiger partial charge on any atom is 0.355 e. The molecule has 1 aliphatic heterocycles. The fourth-order valence-electron chi connectivity index (χ4n) is 3.42. The minimum atomic E-state index is -3.08. The molecule has 32 heavy (non-hydrogen) atoms. The van der Waals surface area contributed by atoms with Gasteiger partial charge in [-0.05, 0) is 20.3 Å². The quantitative estimate of drug-likeness (QED) is 0.254. The first kappa shape index (κ1) is 27.8. The molecular formula is C21H33FO10. The number of hydrogen-bond donors (Lipinski definition) is 0. The number of carbonyl (C=O) groups is 4. The van der Waals surface area contributed by atoms with E-state index in [2.05, 4.69) is 9.47 Å². The van der Waals surface area contributed by atoms with Crippen molar-refractivity contribution in [1.29, 1.82) is 0 Å². The normalized spacial score (nSPS) is 25.5. The Bertz CT molecular complexity index is 649. The number of halogens is 1. The molecule has 10 nitrogen and oxygen atoms in total. The summed E-state index contributed by atoms with van der Waals surface area (Å²) in [5, 5.41) is 0. The van der Waals surface area contributed by atoms with Gasteiger partial charge in [-0.2, -0.15) is 0 Å². The van der Waals surface area contributed by atoms with Crippen LogP contribution in [0.15, 0.2) is 0 Å². The summed E-state index contributed by atoms with van der Waals surface area (Å²) in [4.78, 5) is 47.4. The monoisotopic (exact) mass is 464 g/mol. The summed E-state index contributed by atoms with van der Waals surface area (Å²) < 4.78 is 46.7. The smallest absolute Gasteiger partial charge is 0.355 e. The predicted molar refractivity (Wildman–Crippen MR) is 107 cm³/mol. The molecule has 0 radical (unpaired) electrons. The second-order valence-corrected chi connectivity index (χ2v) is 7.32. The van der Waals surface area contributed by atoms with Gasteiger partial charge in [-0.1, -0.05) is 13.8 Å². The molecule has 1 fully saturated rings. The lowest BCUT2D eigenvalue weighted by atomic mass is 9.89. The summed E-state index contributed by atoms with van der Waals surface area (Å²) in [5.41, 5.74) is -3.08. The zero-order valence-corrected chi connectivity index (χ0v) is 19.4. The van der Waals surface area contributed by atoms with Crippen LogP contribution in [0, 0.1) is 5.92 Å². The molecule has 5 atom stereocenters. The lowest BCUT2D eigenvalue weighted by Crippen LogP contribution is -2.57. The molecule has 1 saturated heterocycles. The molecular weight excluding hydrogens is 431 g/mol. The molecule has 11 heteroatoms. The van der Waals surface area contributed by atoms with Crippen LogP contribution in [0.5, 0.6) is 0 Å². The molecule has 0 aromatic heterocycles. The van der Waals surface area contributed by atoms with Gasteiger partial charge in [-0.15, -0.1) is 0 Å². The van der Waals surface area contributed by atoms with Crippen LogP contribution in [-0.4, -0.2) is 74.0 Å². The zero-order chi connectivity index (χ0) is 24.5. The predicted octanol–water partition coefficient (Wildman–Crippen LogP) is 1.86. The topological polar surface area (TPSA) is 124 Å². The maximum atomic E-state index is 15.2. The lowest BCUT2D eigenvalue weighted by Gasteiger charge is -2.44. The van der Waals surface area contributed by atoms with Crippen molar-refractivity contribution in [3.63, 3.8) is 0 Å². The second-order valence-electron chi connectivity index (χ2n) is 7.32. The Morgan fingerprint density at radius 2 is 1.41 bits per heavy atom. The minimum absolute atomic E-state index is 0.134. The van der Waals surface area contributed by atoms with E-state index in [1.54, 1.807) is 6.92 Å². The number of alkyl halides is 1.